The largest absolute Gasteiger partial charge is 0.306 e. The Balaban J connectivity index is 1.81. The first-order valence-corrected chi connectivity index (χ1v) is 7.69. The lowest BCUT2D eigenvalue weighted by atomic mass is 10.0. The lowest BCUT2D eigenvalue weighted by Gasteiger charge is -2.09. The van der Waals surface area contributed by atoms with Gasteiger partial charge in [-0.3, -0.25) is 9.78 Å². The molecule has 0 unspecified atom stereocenters. The zero-order chi connectivity index (χ0) is 17.2. The third-order valence-corrected chi connectivity index (χ3v) is 3.88. The molecule has 0 atom stereocenters. The fourth-order valence-corrected chi connectivity index (χ4v) is 2.63. The molecule has 0 saturated carbocycles. The van der Waals surface area contributed by atoms with E-state index in [0.29, 0.717) is 17.0 Å². The molecule has 0 aliphatic rings. The lowest BCUT2D eigenvalue weighted by Crippen LogP contribution is -2.14. The third kappa shape index (κ3) is 2.83. The number of carbonyl (C=O) groups is 1. The van der Waals surface area contributed by atoms with Crippen molar-refractivity contribution in [2.75, 3.05) is 5.32 Å². The van der Waals surface area contributed by atoms with Gasteiger partial charge in [-0.2, -0.15) is 5.10 Å². The van der Waals surface area contributed by atoms with Crippen LogP contribution < -0.4 is 5.32 Å². The Hall–Kier alpha value is -3.61. The number of hydrogen-bond donors (Lipinski definition) is 1. The lowest BCUT2D eigenvalue weighted by molar-refractivity contribution is 0.102. The van der Waals surface area contributed by atoms with Crippen LogP contribution >= 0.6 is 0 Å². The average Bonchev–Trinajstić information content (AvgIpc) is 3.10. The second-order valence-corrected chi connectivity index (χ2v) is 5.53. The monoisotopic (exact) mass is 330 g/mol. The van der Waals surface area contributed by atoms with Crippen LogP contribution in [0.1, 0.15) is 15.9 Å². The van der Waals surface area contributed by atoms with Crippen molar-refractivity contribution < 1.29 is 4.79 Å². The number of rotatable bonds is 3. The first-order chi connectivity index (χ1) is 12.2. The molecule has 0 bridgehead atoms. The molecule has 0 fully saturated rings. The molecular weight excluding hydrogens is 316 g/mol. The van der Waals surface area contributed by atoms with Gasteiger partial charge in [-0.25, -0.2) is 14.5 Å². The number of amides is 1. The molecule has 4 aromatic rings. The van der Waals surface area contributed by atoms with Crippen molar-refractivity contribution in [1.29, 1.82) is 0 Å². The van der Waals surface area contributed by atoms with Crippen molar-refractivity contribution in [2.24, 2.45) is 0 Å². The highest BCUT2D eigenvalue weighted by molar-refractivity contribution is 6.08. The van der Waals surface area contributed by atoms with Gasteiger partial charge in [-0.05, 0) is 36.8 Å². The highest BCUT2D eigenvalue weighted by Crippen LogP contribution is 2.25. The minimum absolute atomic E-state index is 0.292. The normalized spacial score (nSPS) is 10.8. The first-order valence-electron chi connectivity index (χ1n) is 7.69. The van der Waals surface area contributed by atoms with Crippen LogP contribution in [0.25, 0.3) is 16.8 Å². The molecule has 0 saturated heterocycles. The highest BCUT2D eigenvalue weighted by Gasteiger charge is 2.16. The van der Waals surface area contributed by atoms with Crippen molar-refractivity contribution in [3.63, 3.8) is 0 Å². The van der Waals surface area contributed by atoms with E-state index in [1.807, 2.05) is 25.3 Å². The van der Waals surface area contributed by atoms with Crippen molar-refractivity contribution >= 4 is 17.4 Å². The van der Waals surface area contributed by atoms with E-state index in [1.54, 1.807) is 41.3 Å². The molecule has 0 aliphatic heterocycles. The van der Waals surface area contributed by atoms with E-state index in [-0.39, 0.29) is 5.91 Å². The van der Waals surface area contributed by atoms with Gasteiger partial charge >= 0.3 is 0 Å². The van der Waals surface area contributed by atoms with Gasteiger partial charge in [0, 0.05) is 35.9 Å². The quantitative estimate of drug-likeness (QED) is 0.624. The molecule has 0 radical (unpaired) electrons. The van der Waals surface area contributed by atoms with Gasteiger partial charge in [0.25, 0.3) is 5.91 Å². The molecule has 122 valence electrons. The van der Waals surface area contributed by atoms with E-state index in [2.05, 4.69) is 25.4 Å². The van der Waals surface area contributed by atoms with Crippen LogP contribution in [0.5, 0.6) is 0 Å². The van der Waals surface area contributed by atoms with Gasteiger partial charge < -0.3 is 5.32 Å². The molecule has 4 heterocycles. The van der Waals surface area contributed by atoms with Gasteiger partial charge in [-0.1, -0.05) is 6.07 Å². The van der Waals surface area contributed by atoms with Gasteiger partial charge in [0.2, 0.25) is 0 Å². The number of fused-ring (bicyclic) bond motifs is 1. The van der Waals surface area contributed by atoms with Gasteiger partial charge in [0.05, 0.1) is 5.56 Å². The minimum Gasteiger partial charge on any atom is -0.306 e. The van der Waals surface area contributed by atoms with Gasteiger partial charge in [0.15, 0.2) is 5.65 Å². The molecule has 25 heavy (non-hydrogen) atoms. The number of nitrogens with one attached hydrogen (secondary N) is 1. The molecular formula is C18H14N6O. The summed E-state index contributed by atoms with van der Waals surface area (Å²) in [5.74, 6) is 0.188. The molecule has 4 aromatic heterocycles. The summed E-state index contributed by atoms with van der Waals surface area (Å²) in [4.78, 5) is 25.2. The van der Waals surface area contributed by atoms with E-state index >= 15 is 0 Å². The summed E-state index contributed by atoms with van der Waals surface area (Å²) in [6.45, 7) is 2.00. The van der Waals surface area contributed by atoms with E-state index in [4.69, 9.17) is 0 Å². The Morgan fingerprint density at radius 3 is 2.88 bits per heavy atom. The van der Waals surface area contributed by atoms with Crippen molar-refractivity contribution in [3.05, 3.63) is 72.6 Å². The topological polar surface area (TPSA) is 85.1 Å². The second kappa shape index (κ2) is 6.12. The zero-order valence-corrected chi connectivity index (χ0v) is 13.4. The molecule has 1 amide bonds. The number of anilines is 1. The third-order valence-electron chi connectivity index (χ3n) is 3.88. The van der Waals surface area contributed by atoms with Crippen molar-refractivity contribution in [2.45, 2.75) is 6.92 Å². The number of pyridine rings is 3. The van der Waals surface area contributed by atoms with Crippen LogP contribution in [0.15, 0.2) is 61.4 Å². The van der Waals surface area contributed by atoms with Gasteiger partial charge in [0.1, 0.15) is 12.1 Å². The summed E-state index contributed by atoms with van der Waals surface area (Å²) >= 11 is 0. The van der Waals surface area contributed by atoms with Crippen LogP contribution in [0.2, 0.25) is 0 Å². The molecule has 7 heteroatoms. The Morgan fingerprint density at radius 2 is 2.08 bits per heavy atom. The molecule has 4 rings (SSSR count). The average molecular weight is 330 g/mol. The number of aromatic nitrogens is 5. The van der Waals surface area contributed by atoms with E-state index < -0.39 is 0 Å². The van der Waals surface area contributed by atoms with Crippen LogP contribution in [0, 0.1) is 6.92 Å². The summed E-state index contributed by atoms with van der Waals surface area (Å²) in [5.41, 5.74) is 3.75. The number of nitrogens with zero attached hydrogens (tertiary/aromatic N) is 5. The Labute approximate surface area is 143 Å². The molecule has 1 N–H and O–H groups in total. The summed E-state index contributed by atoms with van der Waals surface area (Å²) in [5, 5.41) is 6.96. The highest BCUT2D eigenvalue weighted by atomic mass is 16.1. The molecule has 0 aliphatic carbocycles. The van der Waals surface area contributed by atoms with E-state index in [1.165, 1.54) is 6.33 Å². The molecule has 0 spiro atoms. The Bertz CT molecular complexity index is 1060. The summed E-state index contributed by atoms with van der Waals surface area (Å²) < 4.78 is 1.59. The number of aryl methyl sites for hydroxylation is 1. The number of hydrogen-bond acceptors (Lipinski definition) is 5. The summed E-state index contributed by atoms with van der Waals surface area (Å²) in [6.07, 6.45) is 8.39. The second-order valence-electron chi connectivity index (χ2n) is 5.53. The van der Waals surface area contributed by atoms with Crippen molar-refractivity contribution in [3.8, 4) is 11.1 Å². The molecule has 7 nitrogen and oxygen atoms in total. The Kier molecular flexibility index (Phi) is 3.66. The Morgan fingerprint density at radius 1 is 1.16 bits per heavy atom. The van der Waals surface area contributed by atoms with Crippen LogP contribution in [-0.2, 0) is 0 Å². The molecule has 0 aromatic carbocycles. The standard InChI is InChI=1S/C18H14N6O/c1-12-5-7-19-9-15(12)13-8-14(17-21-11-22-24(17)10-13)18(25)23-16-4-2-3-6-20-16/h2-11H,1H3,(H,20,23,25). The van der Waals surface area contributed by atoms with Crippen LogP contribution in [0.4, 0.5) is 5.82 Å². The maximum Gasteiger partial charge on any atom is 0.260 e. The number of carbonyl (C=O) groups excluding carboxylic acids is 1. The van der Waals surface area contributed by atoms with Gasteiger partial charge in [-0.15, -0.1) is 0 Å². The zero-order valence-electron chi connectivity index (χ0n) is 13.4. The summed E-state index contributed by atoms with van der Waals surface area (Å²) in [7, 11) is 0. The van der Waals surface area contributed by atoms with E-state index in [9.17, 15) is 4.79 Å². The van der Waals surface area contributed by atoms with Crippen LogP contribution in [-0.4, -0.2) is 30.5 Å². The smallest absolute Gasteiger partial charge is 0.260 e. The maximum absolute atomic E-state index is 12.7. The summed E-state index contributed by atoms with van der Waals surface area (Å²) in [6, 6.07) is 9.05. The predicted molar refractivity (Wildman–Crippen MR) is 93.1 cm³/mol. The minimum atomic E-state index is -0.292. The van der Waals surface area contributed by atoms with E-state index in [0.717, 1.165) is 16.7 Å². The predicted octanol–water partition coefficient (Wildman–Crippen LogP) is 2.75. The van der Waals surface area contributed by atoms with Crippen LogP contribution in [0.3, 0.4) is 0 Å². The van der Waals surface area contributed by atoms with Crippen molar-refractivity contribution in [1.82, 2.24) is 24.6 Å². The maximum atomic E-state index is 12.7. The first kappa shape index (κ1) is 14.9. The SMILES string of the molecule is Cc1ccncc1-c1cc(C(=O)Nc2ccccn2)c2ncnn2c1. The fourth-order valence-electron chi connectivity index (χ4n) is 2.63. The fraction of sp³-hybridized carbons (Fsp3) is 0.0556.